The van der Waals surface area contributed by atoms with E-state index in [-0.39, 0.29) is 12.5 Å². The molecule has 0 aromatic heterocycles. The number of hydrogen-bond acceptors (Lipinski definition) is 3. The summed E-state index contributed by atoms with van der Waals surface area (Å²) in [7, 11) is 0. The highest BCUT2D eigenvalue weighted by Gasteiger charge is 2.09. The van der Waals surface area contributed by atoms with Crippen LogP contribution in [0, 0.1) is 6.92 Å². The molecule has 0 heterocycles. The molecule has 0 unspecified atom stereocenters. The van der Waals surface area contributed by atoms with Gasteiger partial charge in [0.05, 0.1) is 4.47 Å². The minimum atomic E-state index is -0.445. The van der Waals surface area contributed by atoms with E-state index in [0.717, 1.165) is 15.6 Å². The van der Waals surface area contributed by atoms with E-state index in [4.69, 9.17) is 4.74 Å². The Morgan fingerprint density at radius 3 is 2.36 bits per heavy atom. The molecule has 5 nitrogen and oxygen atoms in total. The number of rotatable bonds is 5. The molecule has 0 fully saturated rings. The molecule has 0 saturated carbocycles. The minimum Gasteiger partial charge on any atom is -0.483 e. The van der Waals surface area contributed by atoms with Crippen molar-refractivity contribution in [3.8, 4) is 5.75 Å². The first-order valence-corrected chi connectivity index (χ1v) is 8.74. The zero-order valence-electron chi connectivity index (χ0n) is 14.4. The molecule has 0 atom stereocenters. The van der Waals surface area contributed by atoms with Gasteiger partial charge in [0.1, 0.15) is 5.75 Å². The van der Waals surface area contributed by atoms with Gasteiger partial charge in [-0.15, -0.1) is 0 Å². The molecular weight excluding hydrogens is 384 g/mol. The maximum atomic E-state index is 12.0. The Balaban J connectivity index is 1.81. The van der Waals surface area contributed by atoms with E-state index >= 15 is 0 Å². The second-order valence-electron chi connectivity index (χ2n) is 6.00. The molecule has 6 heteroatoms. The largest absolute Gasteiger partial charge is 0.483 e. The third-order valence-electron chi connectivity index (χ3n) is 3.60. The maximum Gasteiger partial charge on any atom is 0.276 e. The van der Waals surface area contributed by atoms with Crippen LogP contribution < -0.4 is 15.6 Å². The van der Waals surface area contributed by atoms with Crippen LogP contribution in [-0.2, 0) is 4.79 Å². The first kappa shape index (κ1) is 19.0. The van der Waals surface area contributed by atoms with Gasteiger partial charge >= 0.3 is 0 Å². The van der Waals surface area contributed by atoms with Gasteiger partial charge in [-0.1, -0.05) is 32.0 Å². The van der Waals surface area contributed by atoms with E-state index in [1.54, 1.807) is 18.2 Å². The number of aryl methyl sites for hydroxylation is 1. The van der Waals surface area contributed by atoms with E-state index in [0.29, 0.717) is 17.2 Å². The molecule has 25 heavy (non-hydrogen) atoms. The lowest BCUT2D eigenvalue weighted by atomic mass is 10.0. The van der Waals surface area contributed by atoms with Crippen LogP contribution in [0.4, 0.5) is 0 Å². The Hall–Kier alpha value is -2.34. The average Bonchev–Trinajstić information content (AvgIpc) is 2.59. The molecule has 0 spiro atoms. The summed E-state index contributed by atoms with van der Waals surface area (Å²) in [5.74, 6) is 0.145. The highest BCUT2D eigenvalue weighted by Crippen LogP contribution is 2.25. The molecule has 132 valence electrons. The SMILES string of the molecule is Cc1ccc(OCC(=O)NNC(=O)c2ccc(C(C)C)cc2)c(Br)c1. The van der Waals surface area contributed by atoms with Crippen LogP contribution in [0.25, 0.3) is 0 Å². The lowest BCUT2D eigenvalue weighted by Crippen LogP contribution is -2.43. The monoisotopic (exact) mass is 404 g/mol. The second-order valence-corrected chi connectivity index (χ2v) is 6.86. The summed E-state index contributed by atoms with van der Waals surface area (Å²) in [6.07, 6.45) is 0. The van der Waals surface area contributed by atoms with Gasteiger partial charge in [-0.05, 0) is 64.2 Å². The number of benzene rings is 2. The van der Waals surface area contributed by atoms with Crippen molar-refractivity contribution in [1.82, 2.24) is 10.9 Å². The summed E-state index contributed by atoms with van der Waals surface area (Å²) in [6, 6.07) is 12.8. The fourth-order valence-electron chi connectivity index (χ4n) is 2.12. The molecular formula is C19H21BrN2O3. The molecule has 0 radical (unpaired) electrons. The fraction of sp³-hybridized carbons (Fsp3) is 0.263. The van der Waals surface area contributed by atoms with Crippen LogP contribution in [0.5, 0.6) is 5.75 Å². The number of carbonyl (C=O) groups excluding carboxylic acids is 2. The highest BCUT2D eigenvalue weighted by atomic mass is 79.9. The van der Waals surface area contributed by atoms with E-state index in [1.165, 1.54) is 0 Å². The van der Waals surface area contributed by atoms with Crippen LogP contribution in [0.2, 0.25) is 0 Å². The lowest BCUT2D eigenvalue weighted by molar-refractivity contribution is -0.123. The molecule has 2 N–H and O–H groups in total. The molecule has 0 bridgehead atoms. The number of halogens is 1. The predicted molar refractivity (Wildman–Crippen MR) is 101 cm³/mol. The van der Waals surface area contributed by atoms with Gasteiger partial charge in [-0.3, -0.25) is 20.4 Å². The number of hydrazine groups is 1. The maximum absolute atomic E-state index is 12.0. The molecule has 2 aromatic carbocycles. The zero-order valence-corrected chi connectivity index (χ0v) is 16.0. The van der Waals surface area contributed by atoms with Crippen LogP contribution in [0.3, 0.4) is 0 Å². The summed E-state index contributed by atoms with van der Waals surface area (Å²) in [4.78, 5) is 23.8. The van der Waals surface area contributed by atoms with Crippen molar-refractivity contribution in [2.45, 2.75) is 26.7 Å². The minimum absolute atomic E-state index is 0.200. The molecule has 0 aliphatic heterocycles. The number of amides is 2. The Morgan fingerprint density at radius 2 is 1.76 bits per heavy atom. The number of ether oxygens (including phenoxy) is 1. The van der Waals surface area contributed by atoms with Crippen molar-refractivity contribution in [2.75, 3.05) is 6.61 Å². The topological polar surface area (TPSA) is 67.4 Å². The molecule has 2 amide bonds. The van der Waals surface area contributed by atoms with Gasteiger partial charge < -0.3 is 4.74 Å². The Labute approximate surface area is 155 Å². The van der Waals surface area contributed by atoms with Crippen LogP contribution >= 0.6 is 15.9 Å². The molecule has 0 aliphatic rings. The predicted octanol–water partition coefficient (Wildman–Crippen LogP) is 3.72. The number of hydrogen-bond donors (Lipinski definition) is 2. The summed E-state index contributed by atoms with van der Waals surface area (Å²) < 4.78 is 6.20. The van der Waals surface area contributed by atoms with E-state index in [2.05, 4.69) is 40.6 Å². The Bertz CT molecular complexity index is 758. The van der Waals surface area contributed by atoms with E-state index in [1.807, 2.05) is 31.2 Å². The van der Waals surface area contributed by atoms with E-state index in [9.17, 15) is 9.59 Å². The van der Waals surface area contributed by atoms with Crippen molar-refractivity contribution in [3.63, 3.8) is 0 Å². The third kappa shape index (κ3) is 5.60. The van der Waals surface area contributed by atoms with Crippen LogP contribution in [0.1, 0.15) is 41.3 Å². The lowest BCUT2D eigenvalue weighted by Gasteiger charge is -2.11. The smallest absolute Gasteiger partial charge is 0.276 e. The third-order valence-corrected chi connectivity index (χ3v) is 4.22. The molecule has 2 aromatic rings. The molecule has 2 rings (SSSR count). The Kier molecular flexibility index (Phi) is 6.58. The van der Waals surface area contributed by atoms with Gasteiger partial charge in [-0.2, -0.15) is 0 Å². The quantitative estimate of drug-likeness (QED) is 0.746. The van der Waals surface area contributed by atoms with Gasteiger partial charge in [0.15, 0.2) is 6.61 Å². The summed E-state index contributed by atoms with van der Waals surface area (Å²) in [5.41, 5.74) is 7.43. The van der Waals surface area contributed by atoms with Crippen molar-refractivity contribution in [2.24, 2.45) is 0 Å². The van der Waals surface area contributed by atoms with Crippen LogP contribution in [0.15, 0.2) is 46.9 Å². The zero-order chi connectivity index (χ0) is 18.4. The van der Waals surface area contributed by atoms with Crippen molar-refractivity contribution in [3.05, 3.63) is 63.6 Å². The average molecular weight is 405 g/mol. The van der Waals surface area contributed by atoms with Crippen LogP contribution in [-0.4, -0.2) is 18.4 Å². The van der Waals surface area contributed by atoms with Crippen molar-refractivity contribution < 1.29 is 14.3 Å². The van der Waals surface area contributed by atoms with Gasteiger partial charge in [0.25, 0.3) is 11.8 Å². The molecule has 0 aliphatic carbocycles. The van der Waals surface area contributed by atoms with Crippen molar-refractivity contribution >= 4 is 27.7 Å². The standard InChI is InChI=1S/C19H21BrN2O3/c1-12(2)14-5-7-15(8-6-14)19(24)22-21-18(23)11-25-17-9-4-13(3)10-16(17)20/h4-10,12H,11H2,1-3H3,(H,21,23)(H,22,24). The fourth-order valence-corrected chi connectivity index (χ4v) is 2.73. The first-order valence-electron chi connectivity index (χ1n) is 7.95. The second kappa shape index (κ2) is 8.67. The first-order chi connectivity index (χ1) is 11.9. The Morgan fingerprint density at radius 1 is 1.08 bits per heavy atom. The highest BCUT2D eigenvalue weighted by molar-refractivity contribution is 9.10. The van der Waals surface area contributed by atoms with Gasteiger partial charge in [0.2, 0.25) is 0 Å². The number of nitrogens with one attached hydrogen (secondary N) is 2. The molecule has 0 saturated heterocycles. The normalized spacial score (nSPS) is 10.4. The summed E-state index contributed by atoms with van der Waals surface area (Å²) in [6.45, 7) is 5.93. The van der Waals surface area contributed by atoms with Gasteiger partial charge in [0, 0.05) is 5.56 Å². The van der Waals surface area contributed by atoms with E-state index < -0.39 is 5.91 Å². The van der Waals surface area contributed by atoms with Crippen molar-refractivity contribution in [1.29, 1.82) is 0 Å². The van der Waals surface area contributed by atoms with Gasteiger partial charge in [-0.25, -0.2) is 0 Å². The number of carbonyl (C=O) groups is 2. The summed E-state index contributed by atoms with van der Waals surface area (Å²) >= 11 is 3.38. The summed E-state index contributed by atoms with van der Waals surface area (Å²) in [5, 5.41) is 0.